The Morgan fingerprint density at radius 3 is 2.71 bits per heavy atom. The lowest BCUT2D eigenvalue weighted by atomic mass is 10.1. The van der Waals surface area contributed by atoms with Crippen molar-refractivity contribution in [3.05, 3.63) is 53.7 Å². The molecule has 0 radical (unpaired) electrons. The van der Waals surface area contributed by atoms with E-state index >= 15 is 0 Å². The van der Waals surface area contributed by atoms with Crippen molar-refractivity contribution in [2.75, 3.05) is 12.3 Å². The Kier molecular flexibility index (Phi) is 5.03. The third-order valence-electron chi connectivity index (χ3n) is 4.49. The minimum Gasteiger partial charge on any atom is -0.382 e. The van der Waals surface area contributed by atoms with Gasteiger partial charge in [0.15, 0.2) is 11.5 Å². The van der Waals surface area contributed by atoms with Crippen molar-refractivity contribution in [1.82, 2.24) is 14.9 Å². The number of hydrogen-bond acceptors (Lipinski definition) is 4. The zero-order chi connectivity index (χ0) is 16.9. The normalized spacial score (nSPS) is 14.7. The zero-order valence-electron chi connectivity index (χ0n) is 13.5. The first-order valence-corrected chi connectivity index (χ1v) is 8.27. The molecular formula is C18H21FN4O. The van der Waals surface area contributed by atoms with E-state index in [0.29, 0.717) is 13.0 Å². The van der Waals surface area contributed by atoms with Crippen LogP contribution in [-0.4, -0.2) is 33.4 Å². The molecule has 1 amide bonds. The molecule has 0 aliphatic heterocycles. The minimum absolute atomic E-state index is 0.149. The number of hydrogen-bond donors (Lipinski definition) is 1. The molecular weight excluding hydrogens is 307 g/mol. The molecule has 0 bridgehead atoms. The van der Waals surface area contributed by atoms with E-state index in [1.807, 2.05) is 11.0 Å². The molecule has 24 heavy (non-hydrogen) atoms. The number of carbonyl (C=O) groups excluding carboxylic acids is 1. The van der Waals surface area contributed by atoms with Gasteiger partial charge in [-0.25, -0.2) is 14.4 Å². The molecule has 3 rings (SSSR count). The standard InChI is InChI=1S/C18H21FN4O/c19-14-5-3-4-13(12-14)8-11-23(15-6-1-2-7-15)18(24)16-17(20)22-10-9-21-16/h3-5,9-10,12,15H,1-2,6-8,11H2,(H2,20,22). The lowest BCUT2D eigenvalue weighted by Gasteiger charge is -2.29. The minimum atomic E-state index is -0.260. The Labute approximate surface area is 140 Å². The van der Waals surface area contributed by atoms with Crippen LogP contribution in [0.3, 0.4) is 0 Å². The van der Waals surface area contributed by atoms with E-state index in [1.54, 1.807) is 6.07 Å². The van der Waals surface area contributed by atoms with E-state index in [2.05, 4.69) is 9.97 Å². The van der Waals surface area contributed by atoms with Crippen LogP contribution in [0.2, 0.25) is 0 Å². The number of nitrogen functional groups attached to an aromatic ring is 1. The number of rotatable bonds is 5. The van der Waals surface area contributed by atoms with Crippen molar-refractivity contribution < 1.29 is 9.18 Å². The molecule has 1 saturated carbocycles. The largest absolute Gasteiger partial charge is 0.382 e. The molecule has 0 spiro atoms. The van der Waals surface area contributed by atoms with Gasteiger partial charge in [-0.1, -0.05) is 25.0 Å². The summed E-state index contributed by atoms with van der Waals surface area (Å²) in [6.07, 6.45) is 7.74. The number of halogens is 1. The SMILES string of the molecule is Nc1nccnc1C(=O)N(CCc1cccc(F)c1)C1CCCC1. The monoisotopic (exact) mass is 328 g/mol. The number of nitrogens with zero attached hydrogens (tertiary/aromatic N) is 3. The summed E-state index contributed by atoms with van der Waals surface area (Å²) in [5.74, 6) is -0.301. The van der Waals surface area contributed by atoms with Crippen LogP contribution in [-0.2, 0) is 6.42 Å². The van der Waals surface area contributed by atoms with Crippen LogP contribution in [0.15, 0.2) is 36.7 Å². The van der Waals surface area contributed by atoms with Gasteiger partial charge in [0, 0.05) is 25.0 Å². The van der Waals surface area contributed by atoms with Gasteiger partial charge < -0.3 is 10.6 Å². The fourth-order valence-electron chi connectivity index (χ4n) is 3.26. The average Bonchev–Trinajstić information content (AvgIpc) is 3.10. The van der Waals surface area contributed by atoms with Crippen LogP contribution in [0.1, 0.15) is 41.7 Å². The highest BCUT2D eigenvalue weighted by molar-refractivity contribution is 5.96. The molecule has 1 aromatic carbocycles. The molecule has 5 nitrogen and oxygen atoms in total. The first kappa shape index (κ1) is 16.4. The number of nitrogens with two attached hydrogens (primary N) is 1. The summed E-state index contributed by atoms with van der Waals surface area (Å²) in [6.45, 7) is 0.517. The van der Waals surface area contributed by atoms with Crippen molar-refractivity contribution in [2.45, 2.75) is 38.1 Å². The third kappa shape index (κ3) is 3.69. The fraction of sp³-hybridized carbons (Fsp3) is 0.389. The highest BCUT2D eigenvalue weighted by Crippen LogP contribution is 2.25. The summed E-state index contributed by atoms with van der Waals surface area (Å²) in [6, 6.07) is 6.68. The predicted octanol–water partition coefficient (Wildman–Crippen LogP) is 2.83. The molecule has 1 fully saturated rings. The molecule has 2 N–H and O–H groups in total. The first-order valence-electron chi connectivity index (χ1n) is 8.27. The van der Waals surface area contributed by atoms with Crippen LogP contribution in [0, 0.1) is 5.82 Å². The van der Waals surface area contributed by atoms with Gasteiger partial charge in [-0.05, 0) is 37.0 Å². The second-order valence-corrected chi connectivity index (χ2v) is 6.11. The summed E-state index contributed by atoms with van der Waals surface area (Å²) in [4.78, 5) is 22.8. The lowest BCUT2D eigenvalue weighted by Crippen LogP contribution is -2.41. The van der Waals surface area contributed by atoms with E-state index in [1.165, 1.54) is 24.5 Å². The molecule has 0 saturated heterocycles. The molecule has 6 heteroatoms. The number of amides is 1. The quantitative estimate of drug-likeness (QED) is 0.916. The molecule has 1 aliphatic rings. The Morgan fingerprint density at radius 2 is 2.00 bits per heavy atom. The van der Waals surface area contributed by atoms with Gasteiger partial charge >= 0.3 is 0 Å². The number of benzene rings is 1. The fourth-order valence-corrected chi connectivity index (χ4v) is 3.26. The Morgan fingerprint density at radius 1 is 1.25 bits per heavy atom. The summed E-state index contributed by atoms with van der Waals surface area (Å²) in [7, 11) is 0. The third-order valence-corrected chi connectivity index (χ3v) is 4.49. The smallest absolute Gasteiger partial charge is 0.276 e. The van der Waals surface area contributed by atoms with Crippen molar-refractivity contribution in [3.8, 4) is 0 Å². The molecule has 1 heterocycles. The maximum Gasteiger partial charge on any atom is 0.276 e. The molecule has 1 aliphatic carbocycles. The van der Waals surface area contributed by atoms with E-state index in [9.17, 15) is 9.18 Å². The Balaban J connectivity index is 1.78. The van der Waals surface area contributed by atoms with E-state index in [-0.39, 0.29) is 29.3 Å². The number of anilines is 1. The summed E-state index contributed by atoms with van der Waals surface area (Å²) < 4.78 is 13.4. The van der Waals surface area contributed by atoms with Gasteiger partial charge in [0.1, 0.15) is 5.82 Å². The van der Waals surface area contributed by atoms with Crippen molar-refractivity contribution in [3.63, 3.8) is 0 Å². The summed E-state index contributed by atoms with van der Waals surface area (Å²) in [5.41, 5.74) is 6.89. The highest BCUT2D eigenvalue weighted by Gasteiger charge is 2.29. The number of aromatic nitrogens is 2. The van der Waals surface area contributed by atoms with Crippen LogP contribution < -0.4 is 5.73 Å². The van der Waals surface area contributed by atoms with Crippen LogP contribution in [0.5, 0.6) is 0 Å². The predicted molar refractivity (Wildman–Crippen MR) is 89.8 cm³/mol. The first-order chi connectivity index (χ1) is 11.6. The second-order valence-electron chi connectivity index (χ2n) is 6.11. The van der Waals surface area contributed by atoms with Gasteiger partial charge in [0.2, 0.25) is 0 Å². The molecule has 2 aromatic rings. The number of carbonyl (C=O) groups is 1. The van der Waals surface area contributed by atoms with Gasteiger partial charge in [0.25, 0.3) is 5.91 Å². The average molecular weight is 328 g/mol. The van der Waals surface area contributed by atoms with Crippen molar-refractivity contribution in [2.24, 2.45) is 0 Å². The molecule has 126 valence electrons. The van der Waals surface area contributed by atoms with Crippen LogP contribution in [0.25, 0.3) is 0 Å². The van der Waals surface area contributed by atoms with Gasteiger partial charge in [0.05, 0.1) is 0 Å². The Bertz CT molecular complexity index is 716. The molecule has 0 atom stereocenters. The van der Waals surface area contributed by atoms with Gasteiger partial charge in [-0.2, -0.15) is 0 Å². The summed E-state index contributed by atoms with van der Waals surface area (Å²) in [5, 5.41) is 0. The second kappa shape index (κ2) is 7.38. The van der Waals surface area contributed by atoms with Crippen LogP contribution in [0.4, 0.5) is 10.2 Å². The zero-order valence-corrected chi connectivity index (χ0v) is 13.5. The highest BCUT2D eigenvalue weighted by atomic mass is 19.1. The van der Waals surface area contributed by atoms with Crippen molar-refractivity contribution >= 4 is 11.7 Å². The van der Waals surface area contributed by atoms with E-state index in [4.69, 9.17) is 5.73 Å². The van der Waals surface area contributed by atoms with E-state index < -0.39 is 0 Å². The van der Waals surface area contributed by atoms with E-state index in [0.717, 1.165) is 31.2 Å². The van der Waals surface area contributed by atoms with Crippen LogP contribution >= 0.6 is 0 Å². The lowest BCUT2D eigenvalue weighted by molar-refractivity contribution is 0.0678. The topological polar surface area (TPSA) is 72.1 Å². The molecule has 1 aromatic heterocycles. The maximum atomic E-state index is 13.4. The van der Waals surface area contributed by atoms with Gasteiger partial charge in [-0.3, -0.25) is 4.79 Å². The molecule has 0 unspecified atom stereocenters. The Hall–Kier alpha value is -2.50. The van der Waals surface area contributed by atoms with Crippen molar-refractivity contribution in [1.29, 1.82) is 0 Å². The summed E-state index contributed by atoms with van der Waals surface area (Å²) >= 11 is 0. The maximum absolute atomic E-state index is 13.4. The van der Waals surface area contributed by atoms with Gasteiger partial charge in [-0.15, -0.1) is 0 Å².